The van der Waals surface area contributed by atoms with E-state index in [4.69, 9.17) is 9.47 Å². The van der Waals surface area contributed by atoms with Crippen LogP contribution in [0.2, 0.25) is 0 Å². The maximum atomic E-state index is 12.1. The molecule has 0 N–H and O–H groups in total. The molecule has 5 atom stereocenters. The predicted octanol–water partition coefficient (Wildman–Crippen LogP) is 2.01. The summed E-state index contributed by atoms with van der Waals surface area (Å²) in [5.74, 6) is -0.477. The van der Waals surface area contributed by atoms with E-state index < -0.39 is 5.79 Å². The Morgan fingerprint density at radius 2 is 2.18 bits per heavy atom. The number of carbonyl (C=O) groups is 2. The molecule has 4 aliphatic heterocycles. The number of rotatable bonds is 1. The van der Waals surface area contributed by atoms with E-state index in [1.165, 1.54) is 0 Å². The molecule has 0 aromatic heterocycles. The smallest absolute Gasteiger partial charge is 0.336 e. The van der Waals surface area contributed by atoms with Crippen molar-refractivity contribution in [1.82, 2.24) is 4.90 Å². The molecule has 3 fully saturated rings. The molecule has 4 heterocycles. The summed E-state index contributed by atoms with van der Waals surface area (Å²) in [6.07, 6.45) is 6.30. The highest BCUT2D eigenvalue weighted by atomic mass is 16.7. The molecular weight excluding hydrogens is 282 g/mol. The van der Waals surface area contributed by atoms with Crippen molar-refractivity contribution in [3.63, 3.8) is 0 Å². The zero-order valence-electron chi connectivity index (χ0n) is 13.2. The largest absolute Gasteiger partial charge is 0.426 e. The molecule has 4 rings (SSSR count). The highest BCUT2D eigenvalue weighted by Crippen LogP contribution is 2.53. The summed E-state index contributed by atoms with van der Waals surface area (Å²) in [6.45, 7) is 4.75. The van der Waals surface area contributed by atoms with Gasteiger partial charge in [-0.05, 0) is 38.7 Å². The molecule has 0 bridgehead atoms. The molecule has 1 spiro atoms. The number of hydrogen-bond acceptors (Lipinski definition) is 4. The molecule has 0 saturated carbocycles. The molecular formula is C17H23NO4. The van der Waals surface area contributed by atoms with Crippen LogP contribution in [0.3, 0.4) is 0 Å². The monoisotopic (exact) mass is 305 g/mol. The number of ether oxygens (including phenoxy) is 2. The van der Waals surface area contributed by atoms with Gasteiger partial charge in [0.05, 0.1) is 6.10 Å². The lowest BCUT2D eigenvalue weighted by atomic mass is 9.77. The van der Waals surface area contributed by atoms with E-state index >= 15 is 0 Å². The van der Waals surface area contributed by atoms with Crippen LogP contribution in [0.4, 0.5) is 0 Å². The summed E-state index contributed by atoms with van der Waals surface area (Å²) >= 11 is 0. The maximum absolute atomic E-state index is 12.1. The lowest BCUT2D eigenvalue weighted by molar-refractivity contribution is -0.204. The van der Waals surface area contributed by atoms with Gasteiger partial charge < -0.3 is 14.4 Å². The highest BCUT2D eigenvalue weighted by Gasteiger charge is 2.61. The van der Waals surface area contributed by atoms with E-state index in [1.54, 1.807) is 6.92 Å². The van der Waals surface area contributed by atoms with Gasteiger partial charge >= 0.3 is 5.97 Å². The Morgan fingerprint density at radius 3 is 2.86 bits per heavy atom. The number of amides is 1. The average molecular weight is 305 g/mol. The Morgan fingerprint density at radius 1 is 1.36 bits per heavy atom. The summed E-state index contributed by atoms with van der Waals surface area (Å²) in [4.78, 5) is 26.1. The fraction of sp³-hybridized carbons (Fsp3) is 0.765. The van der Waals surface area contributed by atoms with Crippen molar-refractivity contribution in [2.75, 3.05) is 6.54 Å². The van der Waals surface area contributed by atoms with Crippen molar-refractivity contribution in [3.05, 3.63) is 11.6 Å². The highest BCUT2D eigenvalue weighted by molar-refractivity contribution is 5.90. The molecule has 5 nitrogen and oxygen atoms in total. The fourth-order valence-corrected chi connectivity index (χ4v) is 5.02. The van der Waals surface area contributed by atoms with Crippen molar-refractivity contribution in [2.24, 2.45) is 11.8 Å². The van der Waals surface area contributed by atoms with Crippen LogP contribution in [0.25, 0.3) is 0 Å². The summed E-state index contributed by atoms with van der Waals surface area (Å²) in [5, 5.41) is 0. The van der Waals surface area contributed by atoms with Crippen LogP contribution < -0.4 is 0 Å². The zero-order valence-corrected chi connectivity index (χ0v) is 13.2. The third kappa shape index (κ3) is 1.81. The van der Waals surface area contributed by atoms with Gasteiger partial charge in [-0.2, -0.15) is 0 Å². The summed E-state index contributed by atoms with van der Waals surface area (Å²) in [5.41, 5.74) is 0.634. The topological polar surface area (TPSA) is 55.8 Å². The first kappa shape index (κ1) is 14.2. The van der Waals surface area contributed by atoms with Gasteiger partial charge in [-0.15, -0.1) is 0 Å². The Kier molecular flexibility index (Phi) is 3.12. The average Bonchev–Trinajstić information content (AvgIpc) is 3.02. The maximum Gasteiger partial charge on any atom is 0.336 e. The van der Waals surface area contributed by atoms with Crippen molar-refractivity contribution in [2.45, 2.75) is 63.9 Å². The molecule has 120 valence electrons. The number of hydrogen-bond donors (Lipinski definition) is 0. The molecule has 0 aromatic rings. The Bertz CT molecular complexity index is 557. The second kappa shape index (κ2) is 4.82. The van der Waals surface area contributed by atoms with E-state index in [0.717, 1.165) is 32.2 Å². The van der Waals surface area contributed by atoms with Crippen LogP contribution in [0.5, 0.6) is 0 Å². The molecule has 0 radical (unpaired) electrons. The summed E-state index contributed by atoms with van der Waals surface area (Å²) in [7, 11) is 0. The molecule has 1 amide bonds. The molecule has 5 heteroatoms. The number of esters is 1. The van der Waals surface area contributed by atoms with Crippen LogP contribution in [0, 0.1) is 11.8 Å². The van der Waals surface area contributed by atoms with Crippen LogP contribution in [-0.4, -0.2) is 41.3 Å². The van der Waals surface area contributed by atoms with E-state index in [0.29, 0.717) is 12.0 Å². The van der Waals surface area contributed by atoms with Gasteiger partial charge in [-0.1, -0.05) is 6.92 Å². The lowest BCUT2D eigenvalue weighted by Crippen LogP contribution is -2.44. The number of carbonyl (C=O) groups excluding carboxylic acids is 2. The van der Waals surface area contributed by atoms with Crippen molar-refractivity contribution in [1.29, 1.82) is 0 Å². The van der Waals surface area contributed by atoms with Gasteiger partial charge in [0.25, 0.3) is 0 Å². The minimum absolute atomic E-state index is 0.0841. The minimum atomic E-state index is -0.889. The van der Waals surface area contributed by atoms with Crippen LogP contribution in [-0.2, 0) is 19.1 Å². The SMILES string of the molecule is CC[C@@H]1[C@@H]2[C@H](CCCN3C(=O)CC[C@H]23)O[C@]12C=C(C)C(=O)O2. The minimum Gasteiger partial charge on any atom is -0.426 e. The van der Waals surface area contributed by atoms with E-state index in [2.05, 4.69) is 11.8 Å². The van der Waals surface area contributed by atoms with Crippen molar-refractivity contribution in [3.8, 4) is 0 Å². The molecule has 0 aliphatic carbocycles. The molecule has 3 saturated heterocycles. The predicted molar refractivity (Wildman–Crippen MR) is 78.7 cm³/mol. The molecule has 0 aromatic carbocycles. The van der Waals surface area contributed by atoms with E-state index in [-0.39, 0.29) is 35.9 Å². The summed E-state index contributed by atoms with van der Waals surface area (Å²) in [6, 6.07) is 0.248. The van der Waals surface area contributed by atoms with Gasteiger partial charge in [0.2, 0.25) is 11.7 Å². The molecule has 0 unspecified atom stereocenters. The first-order valence-electron chi connectivity index (χ1n) is 8.46. The van der Waals surface area contributed by atoms with Crippen molar-refractivity contribution >= 4 is 11.9 Å². The van der Waals surface area contributed by atoms with Crippen LogP contribution in [0.15, 0.2) is 11.6 Å². The third-order valence-corrected chi connectivity index (χ3v) is 5.88. The zero-order chi connectivity index (χ0) is 15.5. The summed E-state index contributed by atoms with van der Waals surface area (Å²) < 4.78 is 12.0. The Balaban J connectivity index is 1.72. The fourth-order valence-electron chi connectivity index (χ4n) is 5.02. The van der Waals surface area contributed by atoms with E-state index in [9.17, 15) is 9.59 Å². The van der Waals surface area contributed by atoms with Crippen LogP contribution in [0.1, 0.15) is 46.0 Å². The lowest BCUT2D eigenvalue weighted by Gasteiger charge is -2.34. The van der Waals surface area contributed by atoms with Gasteiger partial charge in [-0.25, -0.2) is 4.79 Å². The normalized spacial score (nSPS) is 43.9. The standard InChI is InChI=1S/C17H23NO4/c1-3-11-15-12-6-7-14(19)18(12)8-4-5-13(15)21-17(11)9-10(2)16(20)22-17/h9,11-13,15H,3-8H2,1-2H3/t11-,12-,13+,15+,17+/m1/s1. The first-order chi connectivity index (χ1) is 10.6. The number of nitrogens with zero attached hydrogens (tertiary/aromatic N) is 1. The van der Waals surface area contributed by atoms with Crippen molar-refractivity contribution < 1.29 is 19.1 Å². The van der Waals surface area contributed by atoms with E-state index in [1.807, 2.05) is 6.08 Å². The first-order valence-corrected chi connectivity index (χ1v) is 8.46. The van der Waals surface area contributed by atoms with Gasteiger partial charge in [-0.3, -0.25) is 4.79 Å². The molecule has 4 aliphatic rings. The van der Waals surface area contributed by atoms with Crippen LogP contribution >= 0.6 is 0 Å². The quantitative estimate of drug-likeness (QED) is 0.695. The van der Waals surface area contributed by atoms with Gasteiger partial charge in [0, 0.05) is 36.4 Å². The Hall–Kier alpha value is -1.36. The van der Waals surface area contributed by atoms with Gasteiger partial charge in [0.1, 0.15) is 0 Å². The molecule has 22 heavy (non-hydrogen) atoms. The Labute approximate surface area is 130 Å². The van der Waals surface area contributed by atoms with Gasteiger partial charge in [0.15, 0.2) is 0 Å². The second-order valence-corrected chi connectivity index (χ2v) is 7.02. The second-order valence-electron chi connectivity index (χ2n) is 7.02. The third-order valence-electron chi connectivity index (χ3n) is 5.88. The number of fused-ring (bicyclic) bond motifs is 3.